The van der Waals surface area contributed by atoms with Crippen molar-refractivity contribution in [2.75, 3.05) is 0 Å². The topological polar surface area (TPSA) is 79.1 Å². The van der Waals surface area contributed by atoms with Gasteiger partial charge >= 0.3 is 5.97 Å². The summed E-state index contributed by atoms with van der Waals surface area (Å²) in [7, 11) is 0. The van der Waals surface area contributed by atoms with Gasteiger partial charge in [0.2, 0.25) is 0 Å². The van der Waals surface area contributed by atoms with Gasteiger partial charge in [-0.1, -0.05) is 18.2 Å². The maximum atomic E-state index is 10.7. The first kappa shape index (κ1) is 8.77. The van der Waals surface area contributed by atoms with Crippen molar-refractivity contribution in [2.45, 2.75) is 6.04 Å². The highest BCUT2D eigenvalue weighted by atomic mass is 16.4. The van der Waals surface area contributed by atoms with Gasteiger partial charge in [-0.2, -0.15) is 0 Å². The summed E-state index contributed by atoms with van der Waals surface area (Å²) in [6, 6.07) is 6.51. The second kappa shape index (κ2) is 3.16. The van der Waals surface area contributed by atoms with Crippen LogP contribution in [-0.2, 0) is 4.79 Å². The number of carboxylic acids is 1. The van der Waals surface area contributed by atoms with E-state index in [-0.39, 0.29) is 0 Å². The maximum Gasteiger partial charge on any atom is 0.325 e. The first-order chi connectivity index (χ1) is 6.70. The van der Waals surface area contributed by atoms with Gasteiger partial charge < -0.3 is 15.8 Å². The fraction of sp³-hybridized carbons (Fsp3) is 0.100. The number of aromatic amines is 1. The Morgan fingerprint density at radius 3 is 2.86 bits per heavy atom. The van der Waals surface area contributed by atoms with Gasteiger partial charge in [0.25, 0.3) is 0 Å². The van der Waals surface area contributed by atoms with E-state index in [1.807, 2.05) is 24.3 Å². The molecular formula is C10H10N2O2. The number of fused-ring (bicyclic) bond motifs is 1. The summed E-state index contributed by atoms with van der Waals surface area (Å²) >= 11 is 0. The quantitative estimate of drug-likeness (QED) is 0.666. The van der Waals surface area contributed by atoms with Crippen LogP contribution in [0.2, 0.25) is 0 Å². The lowest BCUT2D eigenvalue weighted by Gasteiger charge is -2.03. The Balaban J connectivity index is 2.58. The summed E-state index contributed by atoms with van der Waals surface area (Å²) < 4.78 is 0. The van der Waals surface area contributed by atoms with Crippen LogP contribution in [0.25, 0.3) is 10.9 Å². The van der Waals surface area contributed by atoms with Crippen molar-refractivity contribution in [3.8, 4) is 0 Å². The third kappa shape index (κ3) is 1.25. The van der Waals surface area contributed by atoms with Gasteiger partial charge in [0.1, 0.15) is 6.04 Å². The van der Waals surface area contributed by atoms with Crippen molar-refractivity contribution in [2.24, 2.45) is 5.73 Å². The zero-order valence-corrected chi connectivity index (χ0v) is 7.40. The van der Waals surface area contributed by atoms with Crippen molar-refractivity contribution in [1.29, 1.82) is 0 Å². The molecule has 4 heteroatoms. The molecule has 0 saturated heterocycles. The second-order valence-corrected chi connectivity index (χ2v) is 3.11. The SMILES string of the molecule is NC(C(=O)O)c1c[nH]c2ccccc12. The van der Waals surface area contributed by atoms with Crippen LogP contribution in [0.3, 0.4) is 0 Å². The summed E-state index contributed by atoms with van der Waals surface area (Å²) in [6.07, 6.45) is 1.64. The molecule has 0 bridgehead atoms. The molecule has 1 aromatic heterocycles. The molecule has 0 saturated carbocycles. The van der Waals surface area contributed by atoms with Crippen LogP contribution >= 0.6 is 0 Å². The number of carbonyl (C=O) groups is 1. The van der Waals surface area contributed by atoms with E-state index in [4.69, 9.17) is 10.8 Å². The third-order valence-electron chi connectivity index (χ3n) is 2.22. The van der Waals surface area contributed by atoms with Crippen LogP contribution in [0.4, 0.5) is 0 Å². The van der Waals surface area contributed by atoms with Crippen molar-refractivity contribution < 1.29 is 9.90 Å². The van der Waals surface area contributed by atoms with Crippen LogP contribution in [-0.4, -0.2) is 16.1 Å². The standard InChI is InChI=1S/C10H10N2O2/c11-9(10(13)14)7-5-12-8-4-2-1-3-6(7)8/h1-5,9,12H,11H2,(H,13,14). The number of H-pyrrole nitrogens is 1. The van der Waals surface area contributed by atoms with Crippen LogP contribution in [0.15, 0.2) is 30.5 Å². The normalized spacial score (nSPS) is 12.9. The molecule has 0 aliphatic heterocycles. The molecule has 0 amide bonds. The van der Waals surface area contributed by atoms with E-state index in [0.717, 1.165) is 10.9 Å². The lowest BCUT2D eigenvalue weighted by molar-refractivity contribution is -0.138. The minimum absolute atomic E-state index is 0.619. The third-order valence-corrected chi connectivity index (χ3v) is 2.22. The number of aromatic nitrogens is 1. The molecule has 1 unspecified atom stereocenters. The molecule has 2 aromatic rings. The maximum absolute atomic E-state index is 10.7. The Hall–Kier alpha value is -1.81. The number of hydrogen-bond acceptors (Lipinski definition) is 2. The highest BCUT2D eigenvalue weighted by Crippen LogP contribution is 2.22. The fourth-order valence-corrected chi connectivity index (χ4v) is 1.48. The van der Waals surface area contributed by atoms with Gasteiger partial charge in [0, 0.05) is 22.7 Å². The molecular weight excluding hydrogens is 180 g/mol. The molecule has 0 aliphatic carbocycles. The largest absolute Gasteiger partial charge is 0.480 e. The molecule has 0 radical (unpaired) electrons. The van der Waals surface area contributed by atoms with Crippen LogP contribution in [0.5, 0.6) is 0 Å². The summed E-state index contributed by atoms with van der Waals surface area (Å²) in [5, 5.41) is 9.64. The highest BCUT2D eigenvalue weighted by molar-refractivity contribution is 5.88. The predicted octanol–water partition coefficient (Wildman–Crippen LogP) is 1.25. The first-order valence-electron chi connectivity index (χ1n) is 4.24. The summed E-state index contributed by atoms with van der Waals surface area (Å²) in [4.78, 5) is 13.7. The Morgan fingerprint density at radius 1 is 1.43 bits per heavy atom. The first-order valence-corrected chi connectivity index (χ1v) is 4.24. The van der Waals surface area contributed by atoms with E-state index in [9.17, 15) is 4.79 Å². The average molecular weight is 190 g/mol. The van der Waals surface area contributed by atoms with E-state index >= 15 is 0 Å². The Labute approximate surface area is 80.3 Å². The van der Waals surface area contributed by atoms with Crippen molar-refractivity contribution in [3.05, 3.63) is 36.0 Å². The van der Waals surface area contributed by atoms with Gasteiger partial charge in [-0.25, -0.2) is 0 Å². The van der Waals surface area contributed by atoms with Crippen LogP contribution < -0.4 is 5.73 Å². The van der Waals surface area contributed by atoms with Gasteiger partial charge in [0.15, 0.2) is 0 Å². The van der Waals surface area contributed by atoms with E-state index in [1.165, 1.54) is 0 Å². The highest BCUT2D eigenvalue weighted by Gasteiger charge is 2.17. The summed E-state index contributed by atoms with van der Waals surface area (Å²) in [6.45, 7) is 0. The average Bonchev–Trinajstić information content (AvgIpc) is 2.60. The zero-order valence-electron chi connectivity index (χ0n) is 7.40. The number of hydrogen-bond donors (Lipinski definition) is 3. The molecule has 72 valence electrons. The van der Waals surface area contributed by atoms with Gasteiger partial charge in [-0.05, 0) is 6.07 Å². The second-order valence-electron chi connectivity index (χ2n) is 3.11. The van der Waals surface area contributed by atoms with Crippen molar-refractivity contribution in [3.63, 3.8) is 0 Å². The lowest BCUT2D eigenvalue weighted by atomic mass is 10.1. The van der Waals surface area contributed by atoms with E-state index < -0.39 is 12.0 Å². The number of nitrogens with two attached hydrogens (primary N) is 1. The van der Waals surface area contributed by atoms with Crippen LogP contribution in [0.1, 0.15) is 11.6 Å². The smallest absolute Gasteiger partial charge is 0.325 e. The number of carboxylic acid groups (broad SMARTS) is 1. The molecule has 2 rings (SSSR count). The molecule has 1 aromatic carbocycles. The predicted molar refractivity (Wildman–Crippen MR) is 52.9 cm³/mol. The van der Waals surface area contributed by atoms with Crippen LogP contribution in [0, 0.1) is 0 Å². The number of benzene rings is 1. The van der Waals surface area contributed by atoms with E-state index in [0.29, 0.717) is 5.56 Å². The molecule has 4 nitrogen and oxygen atoms in total. The number of rotatable bonds is 2. The number of para-hydroxylation sites is 1. The van der Waals surface area contributed by atoms with E-state index in [1.54, 1.807) is 6.20 Å². The van der Waals surface area contributed by atoms with Crippen molar-refractivity contribution >= 4 is 16.9 Å². The summed E-state index contributed by atoms with van der Waals surface area (Å²) in [5.41, 5.74) is 7.05. The minimum atomic E-state index is -1.02. The fourth-order valence-electron chi connectivity index (χ4n) is 1.48. The van der Waals surface area contributed by atoms with Gasteiger partial charge in [-0.3, -0.25) is 4.79 Å². The Morgan fingerprint density at radius 2 is 2.14 bits per heavy atom. The summed E-state index contributed by atoms with van der Waals surface area (Å²) in [5.74, 6) is -1.02. The number of nitrogens with one attached hydrogen (secondary N) is 1. The zero-order chi connectivity index (χ0) is 10.1. The molecule has 1 atom stereocenters. The number of aliphatic carboxylic acids is 1. The van der Waals surface area contributed by atoms with Crippen molar-refractivity contribution in [1.82, 2.24) is 4.98 Å². The van der Waals surface area contributed by atoms with Gasteiger partial charge in [0.05, 0.1) is 0 Å². The lowest BCUT2D eigenvalue weighted by Crippen LogP contribution is -2.20. The molecule has 14 heavy (non-hydrogen) atoms. The monoisotopic (exact) mass is 190 g/mol. The molecule has 4 N–H and O–H groups in total. The minimum Gasteiger partial charge on any atom is -0.480 e. The van der Waals surface area contributed by atoms with Gasteiger partial charge in [-0.15, -0.1) is 0 Å². The van der Waals surface area contributed by atoms with E-state index in [2.05, 4.69) is 4.98 Å². The molecule has 1 heterocycles. The molecule has 0 aliphatic rings. The Kier molecular flexibility index (Phi) is 1.98. The molecule has 0 spiro atoms. The molecule has 0 fully saturated rings. The Bertz CT molecular complexity index is 476.